The third-order valence-corrected chi connectivity index (χ3v) is 4.62. The molecule has 0 radical (unpaired) electrons. The number of anilines is 2. The lowest BCUT2D eigenvalue weighted by Gasteiger charge is -2.18. The monoisotopic (exact) mass is 337 g/mol. The van der Waals surface area contributed by atoms with Crippen molar-refractivity contribution in [1.82, 2.24) is 4.98 Å². The van der Waals surface area contributed by atoms with Crippen LogP contribution in [0.4, 0.5) is 11.4 Å². The molecule has 2 amide bonds. The Morgan fingerprint density at radius 2 is 2.20 bits per heavy atom. The lowest BCUT2D eigenvalue weighted by atomic mass is 10.1. The molecule has 0 unspecified atom stereocenters. The Bertz CT molecular complexity index is 801. The average molecular weight is 337 g/mol. The first-order chi connectivity index (χ1) is 12.2. The van der Waals surface area contributed by atoms with Gasteiger partial charge in [-0.05, 0) is 49.1 Å². The number of aromatic nitrogens is 1. The molecule has 2 aliphatic rings. The quantitative estimate of drug-likeness (QED) is 0.933. The maximum atomic E-state index is 12.7. The fourth-order valence-corrected chi connectivity index (χ4v) is 3.32. The molecule has 0 bridgehead atoms. The zero-order valence-corrected chi connectivity index (χ0v) is 13.8. The van der Waals surface area contributed by atoms with Crippen LogP contribution in [0.25, 0.3) is 0 Å². The van der Waals surface area contributed by atoms with Crippen LogP contribution in [0.15, 0.2) is 42.7 Å². The molecule has 6 nitrogen and oxygen atoms in total. The van der Waals surface area contributed by atoms with Gasteiger partial charge in [-0.2, -0.15) is 0 Å². The number of benzene rings is 1. The first-order valence-electron chi connectivity index (χ1n) is 8.49. The van der Waals surface area contributed by atoms with Gasteiger partial charge in [-0.3, -0.25) is 14.6 Å². The smallest absolute Gasteiger partial charge is 0.259 e. The Balaban J connectivity index is 1.55. The molecule has 25 heavy (non-hydrogen) atoms. The van der Waals surface area contributed by atoms with Crippen molar-refractivity contribution in [3.05, 3.63) is 53.9 Å². The molecule has 2 aliphatic heterocycles. The van der Waals surface area contributed by atoms with Crippen LogP contribution in [0.3, 0.4) is 0 Å². The van der Waals surface area contributed by atoms with E-state index in [1.807, 2.05) is 18.2 Å². The average Bonchev–Trinajstić information content (AvgIpc) is 3.31. The normalized spacial score (nSPS) is 18.9. The molecule has 4 rings (SSSR count). The third kappa shape index (κ3) is 3.13. The summed E-state index contributed by atoms with van der Waals surface area (Å²) in [6, 6.07) is 9.23. The van der Waals surface area contributed by atoms with Crippen LogP contribution in [0.5, 0.6) is 0 Å². The lowest BCUT2D eigenvalue weighted by molar-refractivity contribution is -0.124. The van der Waals surface area contributed by atoms with Crippen LogP contribution in [0.1, 0.15) is 28.8 Å². The minimum atomic E-state index is -0.374. The molecule has 3 heterocycles. The van der Waals surface area contributed by atoms with Gasteiger partial charge in [0.25, 0.3) is 11.8 Å². The van der Waals surface area contributed by atoms with E-state index in [-0.39, 0.29) is 17.9 Å². The number of nitrogens with zero attached hydrogens (tertiary/aromatic N) is 2. The SMILES string of the molecule is O=C(Nc1ccc2c(c1)N(C(=O)c1cccnc1)CC2)[C@H]1CCCO1. The van der Waals surface area contributed by atoms with Gasteiger partial charge in [-0.1, -0.05) is 6.07 Å². The first-order valence-corrected chi connectivity index (χ1v) is 8.49. The van der Waals surface area contributed by atoms with E-state index in [4.69, 9.17) is 4.74 Å². The highest BCUT2D eigenvalue weighted by Crippen LogP contribution is 2.32. The number of carbonyl (C=O) groups is 2. The second-order valence-electron chi connectivity index (χ2n) is 6.28. The van der Waals surface area contributed by atoms with Crippen molar-refractivity contribution in [2.45, 2.75) is 25.4 Å². The fraction of sp³-hybridized carbons (Fsp3) is 0.316. The molecular weight excluding hydrogens is 318 g/mol. The van der Waals surface area contributed by atoms with Crippen molar-refractivity contribution >= 4 is 23.2 Å². The number of fused-ring (bicyclic) bond motifs is 1. The van der Waals surface area contributed by atoms with Gasteiger partial charge < -0.3 is 15.0 Å². The van der Waals surface area contributed by atoms with E-state index in [9.17, 15) is 9.59 Å². The Hall–Kier alpha value is -2.73. The Morgan fingerprint density at radius 3 is 2.96 bits per heavy atom. The zero-order chi connectivity index (χ0) is 17.2. The van der Waals surface area contributed by atoms with Crippen LogP contribution < -0.4 is 10.2 Å². The molecule has 0 spiro atoms. The second-order valence-corrected chi connectivity index (χ2v) is 6.28. The number of hydrogen-bond donors (Lipinski definition) is 1. The van der Waals surface area contributed by atoms with Gasteiger partial charge >= 0.3 is 0 Å². The van der Waals surface area contributed by atoms with Crippen molar-refractivity contribution in [3.63, 3.8) is 0 Å². The van der Waals surface area contributed by atoms with E-state index in [0.717, 1.165) is 30.5 Å². The largest absolute Gasteiger partial charge is 0.368 e. The minimum absolute atomic E-state index is 0.0746. The third-order valence-electron chi connectivity index (χ3n) is 4.62. The second kappa shape index (κ2) is 6.64. The van der Waals surface area contributed by atoms with Crippen molar-refractivity contribution in [1.29, 1.82) is 0 Å². The molecule has 1 saturated heterocycles. The summed E-state index contributed by atoms with van der Waals surface area (Å²) >= 11 is 0. The zero-order valence-electron chi connectivity index (χ0n) is 13.8. The highest BCUT2D eigenvalue weighted by atomic mass is 16.5. The van der Waals surface area contributed by atoms with Crippen molar-refractivity contribution in [2.75, 3.05) is 23.4 Å². The van der Waals surface area contributed by atoms with E-state index >= 15 is 0 Å². The Morgan fingerprint density at radius 1 is 1.28 bits per heavy atom. The number of hydrogen-bond acceptors (Lipinski definition) is 4. The van der Waals surface area contributed by atoms with Gasteiger partial charge in [0.2, 0.25) is 0 Å². The molecular formula is C19H19N3O3. The highest BCUT2D eigenvalue weighted by molar-refractivity contribution is 6.07. The Labute approximate surface area is 145 Å². The van der Waals surface area contributed by atoms with Crippen molar-refractivity contribution in [3.8, 4) is 0 Å². The summed E-state index contributed by atoms with van der Waals surface area (Å²) in [6.45, 7) is 1.27. The molecule has 1 aromatic heterocycles. The molecule has 0 saturated carbocycles. The number of ether oxygens (including phenoxy) is 1. The van der Waals surface area contributed by atoms with Crippen LogP contribution in [0, 0.1) is 0 Å². The molecule has 1 atom stereocenters. The van der Waals surface area contributed by atoms with E-state index in [2.05, 4.69) is 10.3 Å². The fourth-order valence-electron chi connectivity index (χ4n) is 3.32. The van der Waals surface area contributed by atoms with Crippen LogP contribution in [-0.2, 0) is 16.0 Å². The number of amides is 2. The summed E-state index contributed by atoms with van der Waals surface area (Å²) in [5, 5.41) is 2.90. The molecule has 1 fully saturated rings. The maximum absolute atomic E-state index is 12.7. The molecule has 0 aliphatic carbocycles. The summed E-state index contributed by atoms with van der Waals surface area (Å²) in [7, 11) is 0. The first kappa shape index (κ1) is 15.8. The van der Waals surface area contributed by atoms with Crippen molar-refractivity contribution in [2.24, 2.45) is 0 Å². The standard InChI is InChI=1S/C19H19N3O3/c23-18(17-4-2-10-25-17)21-15-6-5-13-7-9-22(16(13)11-15)19(24)14-3-1-8-20-12-14/h1,3,5-6,8,11-12,17H,2,4,7,9-10H2,(H,21,23)/t17-/m1/s1. The molecule has 6 heteroatoms. The van der Waals surface area contributed by atoms with Gasteiger partial charge in [-0.15, -0.1) is 0 Å². The van der Waals surface area contributed by atoms with Crippen LogP contribution in [-0.4, -0.2) is 36.1 Å². The Kier molecular flexibility index (Phi) is 4.19. The predicted molar refractivity (Wildman–Crippen MR) is 93.7 cm³/mol. The minimum Gasteiger partial charge on any atom is -0.368 e. The summed E-state index contributed by atoms with van der Waals surface area (Å²) in [6.07, 6.45) is 5.32. The summed E-state index contributed by atoms with van der Waals surface area (Å²) < 4.78 is 5.41. The van der Waals surface area contributed by atoms with E-state index in [1.54, 1.807) is 29.4 Å². The lowest BCUT2D eigenvalue weighted by Crippen LogP contribution is -2.29. The van der Waals surface area contributed by atoms with Crippen LogP contribution in [0.2, 0.25) is 0 Å². The topological polar surface area (TPSA) is 71.5 Å². The number of pyridine rings is 1. The summed E-state index contributed by atoms with van der Waals surface area (Å²) in [5.74, 6) is -0.199. The molecule has 2 aromatic rings. The maximum Gasteiger partial charge on any atom is 0.259 e. The summed E-state index contributed by atoms with van der Waals surface area (Å²) in [4.78, 5) is 30.7. The van der Waals surface area contributed by atoms with E-state index < -0.39 is 0 Å². The van der Waals surface area contributed by atoms with Gasteiger partial charge in [0.05, 0.1) is 5.56 Å². The highest BCUT2D eigenvalue weighted by Gasteiger charge is 2.27. The van der Waals surface area contributed by atoms with Gasteiger partial charge in [-0.25, -0.2) is 0 Å². The number of rotatable bonds is 3. The van der Waals surface area contributed by atoms with Gasteiger partial charge in [0.15, 0.2) is 0 Å². The van der Waals surface area contributed by atoms with Crippen molar-refractivity contribution < 1.29 is 14.3 Å². The number of nitrogens with one attached hydrogen (secondary N) is 1. The summed E-state index contributed by atoms with van der Waals surface area (Å²) in [5.41, 5.74) is 3.20. The van der Waals surface area contributed by atoms with E-state index in [1.165, 1.54) is 0 Å². The van der Waals surface area contributed by atoms with Gasteiger partial charge in [0, 0.05) is 36.9 Å². The predicted octanol–water partition coefficient (Wildman–Crippen LogP) is 2.40. The molecule has 1 N–H and O–H groups in total. The van der Waals surface area contributed by atoms with Crippen LogP contribution >= 0.6 is 0 Å². The molecule has 128 valence electrons. The molecule has 1 aromatic carbocycles. The van der Waals surface area contributed by atoms with Gasteiger partial charge in [0.1, 0.15) is 6.10 Å². The number of carbonyl (C=O) groups excluding carboxylic acids is 2. The van der Waals surface area contributed by atoms with E-state index in [0.29, 0.717) is 24.4 Å².